The van der Waals surface area contributed by atoms with Crippen LogP contribution in [0.25, 0.3) is 0 Å². The molecule has 0 saturated heterocycles. The third-order valence-corrected chi connectivity index (χ3v) is 2.94. The van der Waals surface area contributed by atoms with E-state index < -0.39 is 17.5 Å². The quantitative estimate of drug-likeness (QED) is 0.622. The van der Waals surface area contributed by atoms with E-state index in [-0.39, 0.29) is 0 Å². The van der Waals surface area contributed by atoms with Crippen molar-refractivity contribution in [2.75, 3.05) is 0 Å². The highest BCUT2D eigenvalue weighted by atomic mass is 16.4. The van der Waals surface area contributed by atoms with Crippen LogP contribution in [0.1, 0.15) is 31.5 Å². The van der Waals surface area contributed by atoms with Gasteiger partial charge in [0, 0.05) is 17.8 Å². The molecule has 100 valence electrons. The first-order valence-corrected chi connectivity index (χ1v) is 5.67. The van der Waals surface area contributed by atoms with Gasteiger partial charge in [0.05, 0.1) is 6.20 Å². The predicted molar refractivity (Wildman–Crippen MR) is 65.0 cm³/mol. The van der Waals surface area contributed by atoms with Gasteiger partial charge in [-0.3, -0.25) is 5.10 Å². The third-order valence-electron chi connectivity index (χ3n) is 2.94. The Morgan fingerprint density at radius 2 is 2.22 bits per heavy atom. The first kappa shape index (κ1) is 14.0. The number of aromatic amines is 1. The second-order valence-corrected chi connectivity index (χ2v) is 4.32. The first-order valence-electron chi connectivity index (χ1n) is 5.67. The minimum atomic E-state index is -1.25. The maximum atomic E-state index is 11.6. The number of aromatic nitrogens is 2. The van der Waals surface area contributed by atoms with Crippen LogP contribution in [0.4, 0.5) is 4.79 Å². The van der Waals surface area contributed by atoms with Gasteiger partial charge in [0.1, 0.15) is 5.54 Å². The lowest BCUT2D eigenvalue weighted by molar-refractivity contribution is -0.143. The van der Waals surface area contributed by atoms with Crippen LogP contribution in [0.2, 0.25) is 0 Å². The van der Waals surface area contributed by atoms with E-state index in [9.17, 15) is 9.59 Å². The standard InChI is InChI=1S/C11H18N4O3/c1-4-11(3,9(16)17)14-10(18)12-5-8-6-13-15-7(8)2/h6H,4-5H2,1-3H3,(H,13,15)(H,16,17)(H2,12,14,18). The molecule has 7 heteroatoms. The third kappa shape index (κ3) is 3.22. The summed E-state index contributed by atoms with van der Waals surface area (Å²) in [6.07, 6.45) is 1.92. The molecule has 1 unspecified atom stereocenters. The molecule has 0 aliphatic heterocycles. The Balaban J connectivity index is 2.52. The molecule has 1 atom stereocenters. The minimum Gasteiger partial charge on any atom is -0.480 e. The average molecular weight is 254 g/mol. The van der Waals surface area contributed by atoms with Gasteiger partial charge in [-0.05, 0) is 20.3 Å². The summed E-state index contributed by atoms with van der Waals surface area (Å²) in [5.74, 6) is -1.06. The molecule has 1 heterocycles. The topological polar surface area (TPSA) is 107 Å². The number of aliphatic carboxylic acids is 1. The summed E-state index contributed by atoms with van der Waals surface area (Å²) in [6, 6.07) is -0.512. The Labute approximate surface area is 105 Å². The van der Waals surface area contributed by atoms with Gasteiger partial charge in [-0.25, -0.2) is 9.59 Å². The number of aryl methyl sites for hydroxylation is 1. The Morgan fingerprint density at radius 1 is 1.56 bits per heavy atom. The number of nitrogens with zero attached hydrogens (tertiary/aromatic N) is 1. The van der Waals surface area contributed by atoms with Crippen LogP contribution in [0.5, 0.6) is 0 Å². The van der Waals surface area contributed by atoms with Crippen molar-refractivity contribution < 1.29 is 14.7 Å². The summed E-state index contributed by atoms with van der Waals surface area (Å²) < 4.78 is 0. The number of carbonyl (C=O) groups excluding carboxylic acids is 1. The fourth-order valence-corrected chi connectivity index (χ4v) is 1.32. The van der Waals surface area contributed by atoms with Crippen molar-refractivity contribution in [3.05, 3.63) is 17.5 Å². The summed E-state index contributed by atoms with van der Waals surface area (Å²) in [4.78, 5) is 22.6. The molecular weight excluding hydrogens is 236 g/mol. The maximum absolute atomic E-state index is 11.6. The number of urea groups is 1. The number of H-pyrrole nitrogens is 1. The van der Waals surface area contributed by atoms with Crippen LogP contribution in [-0.2, 0) is 11.3 Å². The lowest BCUT2D eigenvalue weighted by atomic mass is 10.00. The Morgan fingerprint density at radius 3 is 2.67 bits per heavy atom. The van der Waals surface area contributed by atoms with E-state index in [1.165, 1.54) is 6.92 Å². The summed E-state index contributed by atoms with van der Waals surface area (Å²) in [6.45, 7) is 5.32. The number of amides is 2. The van der Waals surface area contributed by atoms with E-state index in [0.29, 0.717) is 13.0 Å². The Kier molecular flexibility index (Phi) is 4.30. The largest absolute Gasteiger partial charge is 0.480 e. The van der Waals surface area contributed by atoms with Crippen LogP contribution in [0.3, 0.4) is 0 Å². The van der Waals surface area contributed by atoms with E-state index in [4.69, 9.17) is 5.11 Å². The molecule has 1 rings (SSSR count). The summed E-state index contributed by atoms with van der Waals surface area (Å²) in [7, 11) is 0. The highest BCUT2D eigenvalue weighted by molar-refractivity contribution is 5.85. The molecule has 0 aromatic carbocycles. The second-order valence-electron chi connectivity index (χ2n) is 4.32. The Hall–Kier alpha value is -2.05. The number of carbonyl (C=O) groups is 2. The van der Waals surface area contributed by atoms with Crippen molar-refractivity contribution in [1.82, 2.24) is 20.8 Å². The lowest BCUT2D eigenvalue weighted by Crippen LogP contribution is -2.54. The van der Waals surface area contributed by atoms with Crippen molar-refractivity contribution in [2.45, 2.75) is 39.3 Å². The van der Waals surface area contributed by atoms with Gasteiger partial charge >= 0.3 is 12.0 Å². The van der Waals surface area contributed by atoms with Crippen molar-refractivity contribution in [3.8, 4) is 0 Å². The average Bonchev–Trinajstić information content (AvgIpc) is 2.72. The van der Waals surface area contributed by atoms with Gasteiger partial charge in [0.25, 0.3) is 0 Å². The van der Waals surface area contributed by atoms with Crippen LogP contribution in [0, 0.1) is 6.92 Å². The molecular formula is C11H18N4O3. The van der Waals surface area contributed by atoms with E-state index in [2.05, 4.69) is 20.8 Å². The zero-order valence-electron chi connectivity index (χ0n) is 10.7. The highest BCUT2D eigenvalue weighted by Gasteiger charge is 2.32. The van der Waals surface area contributed by atoms with Crippen LogP contribution in [-0.4, -0.2) is 32.8 Å². The number of carboxylic acid groups (broad SMARTS) is 1. The SMILES string of the molecule is CCC(C)(NC(=O)NCc1cn[nH]c1C)C(=O)O. The van der Waals surface area contributed by atoms with Crippen LogP contribution < -0.4 is 10.6 Å². The molecule has 0 aliphatic rings. The van der Waals surface area contributed by atoms with Gasteiger partial charge in [-0.1, -0.05) is 6.92 Å². The molecule has 1 aromatic heterocycles. The molecule has 0 bridgehead atoms. The summed E-state index contributed by atoms with van der Waals surface area (Å²) in [5.41, 5.74) is 0.473. The number of rotatable bonds is 5. The molecule has 0 spiro atoms. The zero-order valence-corrected chi connectivity index (χ0v) is 10.7. The number of hydrogen-bond donors (Lipinski definition) is 4. The van der Waals surface area contributed by atoms with Crippen molar-refractivity contribution in [1.29, 1.82) is 0 Å². The lowest BCUT2D eigenvalue weighted by Gasteiger charge is -2.24. The van der Waals surface area contributed by atoms with Gasteiger partial charge in [-0.2, -0.15) is 5.10 Å². The maximum Gasteiger partial charge on any atom is 0.329 e. The molecule has 1 aromatic rings. The predicted octanol–water partition coefficient (Wildman–Crippen LogP) is 0.771. The molecule has 0 aliphatic carbocycles. The zero-order chi connectivity index (χ0) is 13.8. The van der Waals surface area contributed by atoms with Gasteiger partial charge in [-0.15, -0.1) is 0 Å². The molecule has 4 N–H and O–H groups in total. The molecule has 2 amide bonds. The van der Waals surface area contributed by atoms with Crippen molar-refractivity contribution in [3.63, 3.8) is 0 Å². The van der Waals surface area contributed by atoms with E-state index in [1.807, 2.05) is 6.92 Å². The number of nitrogens with one attached hydrogen (secondary N) is 3. The van der Waals surface area contributed by atoms with Gasteiger partial charge < -0.3 is 15.7 Å². The smallest absolute Gasteiger partial charge is 0.329 e. The summed E-state index contributed by atoms with van der Waals surface area (Å²) in [5, 5.41) is 20.6. The Bertz CT molecular complexity index is 443. The van der Waals surface area contributed by atoms with Gasteiger partial charge in [0.15, 0.2) is 0 Å². The molecule has 18 heavy (non-hydrogen) atoms. The molecule has 0 radical (unpaired) electrons. The second kappa shape index (κ2) is 5.52. The van der Waals surface area contributed by atoms with Crippen LogP contribution in [0.15, 0.2) is 6.20 Å². The van der Waals surface area contributed by atoms with Crippen molar-refractivity contribution >= 4 is 12.0 Å². The first-order chi connectivity index (χ1) is 8.39. The highest BCUT2D eigenvalue weighted by Crippen LogP contribution is 2.09. The van der Waals surface area contributed by atoms with Crippen molar-refractivity contribution in [2.24, 2.45) is 0 Å². The number of carboxylic acids is 1. The minimum absolute atomic E-state index is 0.299. The van der Waals surface area contributed by atoms with E-state index in [1.54, 1.807) is 13.1 Å². The fourth-order valence-electron chi connectivity index (χ4n) is 1.32. The number of hydrogen-bond acceptors (Lipinski definition) is 3. The van der Waals surface area contributed by atoms with E-state index in [0.717, 1.165) is 11.3 Å². The monoisotopic (exact) mass is 254 g/mol. The normalized spacial score (nSPS) is 13.7. The molecule has 0 saturated carbocycles. The fraction of sp³-hybridized carbons (Fsp3) is 0.545. The van der Waals surface area contributed by atoms with E-state index >= 15 is 0 Å². The van der Waals surface area contributed by atoms with Crippen LogP contribution >= 0.6 is 0 Å². The van der Waals surface area contributed by atoms with Gasteiger partial charge in [0.2, 0.25) is 0 Å². The molecule has 0 fully saturated rings. The molecule has 7 nitrogen and oxygen atoms in total. The summed E-state index contributed by atoms with van der Waals surface area (Å²) >= 11 is 0.